The number of amides is 5. The Labute approximate surface area is 468 Å². The highest BCUT2D eigenvalue weighted by Gasteiger charge is 2.40. The van der Waals surface area contributed by atoms with Crippen molar-refractivity contribution < 1.29 is 52.4 Å². The second-order valence-electron chi connectivity index (χ2n) is 21.3. The zero-order chi connectivity index (χ0) is 55.4. The number of fused-ring (bicyclic) bond motifs is 2. The maximum Gasteiger partial charge on any atom is 0.255 e. The molecule has 19 heteroatoms. The Kier molecular flexibility index (Phi) is 19.8. The molecule has 4 aromatic rings. The van der Waals surface area contributed by atoms with E-state index in [9.17, 15) is 24.0 Å². The van der Waals surface area contributed by atoms with Gasteiger partial charge in [0.25, 0.3) is 5.91 Å². The first-order valence-corrected chi connectivity index (χ1v) is 28.3. The van der Waals surface area contributed by atoms with Crippen molar-refractivity contribution in [3.8, 4) is 11.5 Å². The van der Waals surface area contributed by atoms with E-state index in [1.54, 1.807) is 18.1 Å². The topological polar surface area (TPSA) is 181 Å². The first-order chi connectivity index (χ1) is 38.3. The van der Waals surface area contributed by atoms with Crippen LogP contribution in [0.3, 0.4) is 0 Å². The van der Waals surface area contributed by atoms with E-state index in [4.69, 9.17) is 40.0 Å². The van der Waals surface area contributed by atoms with Gasteiger partial charge in [-0.1, -0.05) is 29.8 Å². The molecular weight excluding hydrogens is 1030 g/mol. The molecule has 1 aliphatic carbocycles. The van der Waals surface area contributed by atoms with Gasteiger partial charge in [-0.05, 0) is 129 Å². The Bertz CT molecular complexity index is 2750. The average molecular weight is 1110 g/mol. The lowest BCUT2D eigenvalue weighted by Crippen LogP contribution is -2.53. The minimum atomic E-state index is -0.653. The van der Waals surface area contributed by atoms with Gasteiger partial charge in [0.05, 0.1) is 71.9 Å². The van der Waals surface area contributed by atoms with Gasteiger partial charge >= 0.3 is 0 Å². The minimum Gasteiger partial charge on any atom is -0.493 e. The van der Waals surface area contributed by atoms with Crippen LogP contribution >= 0.6 is 11.6 Å². The van der Waals surface area contributed by atoms with Gasteiger partial charge in [0.2, 0.25) is 23.6 Å². The van der Waals surface area contributed by atoms with Crippen molar-refractivity contribution in [2.24, 2.45) is 5.92 Å². The summed E-state index contributed by atoms with van der Waals surface area (Å²) in [6.07, 6.45) is 5.33. The van der Waals surface area contributed by atoms with Crippen molar-refractivity contribution in [2.45, 2.75) is 89.6 Å². The molecule has 1 saturated carbocycles. The lowest BCUT2D eigenvalue weighted by atomic mass is 9.84. The highest BCUT2D eigenvalue weighted by Crippen LogP contribution is 2.44. The summed E-state index contributed by atoms with van der Waals surface area (Å²) in [5.41, 5.74) is 7.03. The zero-order valence-electron chi connectivity index (χ0n) is 46.1. The van der Waals surface area contributed by atoms with Gasteiger partial charge in [0.1, 0.15) is 12.6 Å². The number of methoxy groups -OCH3 is 1. The van der Waals surface area contributed by atoms with Crippen LogP contribution in [-0.2, 0) is 51.1 Å². The van der Waals surface area contributed by atoms with Crippen LogP contribution < -0.4 is 29.9 Å². The van der Waals surface area contributed by atoms with Crippen LogP contribution in [0, 0.1) is 5.92 Å². The van der Waals surface area contributed by atoms with Gasteiger partial charge in [-0.25, -0.2) is 0 Å². The predicted octanol–water partition coefficient (Wildman–Crippen LogP) is 6.89. The Balaban J connectivity index is 0.615. The monoisotopic (exact) mass is 1110 g/mol. The number of nitrogens with zero attached hydrogens (tertiary/aromatic N) is 5. The second kappa shape index (κ2) is 27.3. The standard InChI is InChI=1S/C60H76ClN7O11/c1-40(2)79-54-36-49-43(34-53(54)74-4)35-56(70)68(58(49)42-10-12-44(61)13-11-42)47-18-16-45(17-19-47)64(3)37-41-8-14-46(15-9-41)65-23-25-66(26-24-65)57(71)39-78-33-32-77-31-30-76-29-28-75-27-22-62-51-7-5-6-48-50(51)38-67(60(48)73)52-20-21-55(69)63-59(52)72/h5-7,10-13,16-19,34,36,40-41,46,52,58,62H,8-9,14-15,20-33,35,37-39H2,1-4H3,(H,63,69,72)/t41-,46-,52?,58-/m0/s1. The normalized spacial score (nSPS) is 20.6. The molecule has 2 saturated heterocycles. The van der Waals surface area contributed by atoms with Crippen molar-refractivity contribution >= 4 is 58.2 Å². The summed E-state index contributed by atoms with van der Waals surface area (Å²) >= 11 is 6.34. The van der Waals surface area contributed by atoms with Gasteiger partial charge in [-0.3, -0.25) is 34.2 Å². The summed E-state index contributed by atoms with van der Waals surface area (Å²) in [7, 11) is 3.78. The van der Waals surface area contributed by atoms with E-state index in [0.29, 0.717) is 113 Å². The molecule has 0 aromatic heterocycles. The maximum atomic E-state index is 14.1. The van der Waals surface area contributed by atoms with Gasteiger partial charge in [-0.2, -0.15) is 0 Å². The predicted molar refractivity (Wildman–Crippen MR) is 301 cm³/mol. The number of hydrogen-bond donors (Lipinski definition) is 2. The number of nitrogens with one attached hydrogen (secondary N) is 2. The van der Waals surface area contributed by atoms with Crippen molar-refractivity contribution in [3.05, 3.63) is 112 Å². The quantitative estimate of drug-likeness (QED) is 0.0517. The first-order valence-electron chi connectivity index (χ1n) is 27.9. The fourth-order valence-corrected chi connectivity index (χ4v) is 11.8. The molecule has 9 rings (SSSR count). The maximum absolute atomic E-state index is 14.1. The fourth-order valence-electron chi connectivity index (χ4n) is 11.6. The highest BCUT2D eigenvalue weighted by atomic mass is 35.5. The summed E-state index contributed by atoms with van der Waals surface area (Å²) in [5.74, 6) is 0.920. The van der Waals surface area contributed by atoms with Gasteiger partial charge < -0.3 is 53.3 Å². The van der Waals surface area contributed by atoms with E-state index in [0.717, 1.165) is 84.6 Å². The summed E-state index contributed by atoms with van der Waals surface area (Å²) in [4.78, 5) is 74.4. The summed E-state index contributed by atoms with van der Waals surface area (Å²) in [6, 6.07) is 25.0. The van der Waals surface area contributed by atoms with E-state index in [1.165, 1.54) is 0 Å². The number of piperidine rings is 1. The van der Waals surface area contributed by atoms with Crippen molar-refractivity contribution in [1.82, 2.24) is 20.0 Å². The Morgan fingerprint density at radius 2 is 1.48 bits per heavy atom. The largest absolute Gasteiger partial charge is 0.493 e. The Morgan fingerprint density at radius 3 is 2.15 bits per heavy atom. The molecule has 4 aromatic carbocycles. The third-order valence-corrected chi connectivity index (χ3v) is 16.0. The van der Waals surface area contributed by atoms with E-state index < -0.39 is 11.9 Å². The van der Waals surface area contributed by atoms with Gasteiger partial charge in [-0.15, -0.1) is 0 Å². The SMILES string of the molecule is COc1cc2c(cc1OC(C)C)[C@H](c1ccc(Cl)cc1)N(c1ccc(N(C)C[C@H]3CC[C@H](N4CCN(C(=O)COCCOCCOCCOCCNc5cccc6c5CN(C5CCC(=O)NC5=O)C6=O)CC4)CC3)cc1)C(=O)C2. The molecule has 2 atom stereocenters. The van der Waals surface area contributed by atoms with E-state index in [2.05, 4.69) is 51.7 Å². The third-order valence-electron chi connectivity index (χ3n) is 15.7. The third kappa shape index (κ3) is 14.4. The zero-order valence-corrected chi connectivity index (χ0v) is 46.8. The van der Waals surface area contributed by atoms with Gasteiger partial charge in [0.15, 0.2) is 11.5 Å². The lowest BCUT2D eigenvalue weighted by Gasteiger charge is -2.42. The van der Waals surface area contributed by atoms with Crippen molar-refractivity contribution in [2.75, 3.05) is 121 Å². The van der Waals surface area contributed by atoms with E-state index in [1.807, 2.05) is 72.2 Å². The van der Waals surface area contributed by atoms with Crippen molar-refractivity contribution in [3.63, 3.8) is 0 Å². The van der Waals surface area contributed by atoms with Crippen LogP contribution in [-0.4, -0.2) is 169 Å². The van der Waals surface area contributed by atoms with Crippen LogP contribution in [0.1, 0.15) is 91.0 Å². The number of piperazine rings is 1. The molecule has 424 valence electrons. The molecule has 5 amide bonds. The Morgan fingerprint density at radius 1 is 0.797 bits per heavy atom. The number of rotatable bonds is 25. The smallest absolute Gasteiger partial charge is 0.255 e. The summed E-state index contributed by atoms with van der Waals surface area (Å²) in [6.45, 7) is 11.7. The van der Waals surface area contributed by atoms with Crippen molar-refractivity contribution in [1.29, 1.82) is 0 Å². The number of benzene rings is 4. The molecule has 0 bridgehead atoms. The number of ether oxygens (including phenoxy) is 6. The number of anilines is 3. The van der Waals surface area contributed by atoms with Crippen LogP contribution in [0.25, 0.3) is 0 Å². The molecule has 5 aliphatic rings. The van der Waals surface area contributed by atoms with E-state index in [-0.39, 0.29) is 55.2 Å². The number of hydrogen-bond acceptors (Lipinski definition) is 14. The molecule has 2 N–H and O–H groups in total. The molecule has 1 unspecified atom stereocenters. The molecule has 4 heterocycles. The highest BCUT2D eigenvalue weighted by molar-refractivity contribution is 6.30. The molecule has 0 spiro atoms. The summed E-state index contributed by atoms with van der Waals surface area (Å²) in [5, 5.41) is 6.31. The molecule has 0 radical (unpaired) electrons. The average Bonchev–Trinajstić information content (AvgIpc) is 4.02. The molecule has 18 nitrogen and oxygen atoms in total. The number of carbonyl (C=O) groups excluding carboxylic acids is 5. The van der Waals surface area contributed by atoms with Gasteiger partial charge in [0, 0.05) is 98.5 Å². The van der Waals surface area contributed by atoms with Crippen LogP contribution in [0.5, 0.6) is 11.5 Å². The molecular formula is C60H76ClN7O11. The second-order valence-corrected chi connectivity index (χ2v) is 21.7. The van der Waals surface area contributed by atoms with Crippen LogP contribution in [0.4, 0.5) is 17.1 Å². The fraction of sp³-hybridized carbons (Fsp3) is 0.517. The molecule has 4 aliphatic heterocycles. The summed E-state index contributed by atoms with van der Waals surface area (Å²) < 4.78 is 34.5. The Hall–Kier alpha value is -6.28. The first kappa shape index (κ1) is 57.4. The number of carbonyl (C=O) groups is 5. The lowest BCUT2D eigenvalue weighted by molar-refractivity contribution is -0.139. The van der Waals surface area contributed by atoms with Crippen LogP contribution in [0.2, 0.25) is 5.02 Å². The molecule has 3 fully saturated rings. The van der Waals surface area contributed by atoms with Crippen LogP contribution in [0.15, 0.2) is 78.9 Å². The number of imide groups is 1. The number of halogens is 1. The van der Waals surface area contributed by atoms with E-state index >= 15 is 0 Å². The molecule has 79 heavy (non-hydrogen) atoms. The minimum absolute atomic E-state index is 0.00676.